The lowest BCUT2D eigenvalue weighted by Gasteiger charge is -2.38. The lowest BCUT2D eigenvalue weighted by Crippen LogP contribution is -2.58. The number of amides is 2. The Morgan fingerprint density at radius 2 is 1.75 bits per heavy atom. The summed E-state index contributed by atoms with van der Waals surface area (Å²) in [7, 11) is -3.43. The van der Waals surface area contributed by atoms with Crippen LogP contribution >= 0.6 is 23.2 Å². The van der Waals surface area contributed by atoms with Crippen molar-refractivity contribution in [3.8, 4) is 0 Å². The first-order chi connectivity index (χ1) is 17.1. The highest BCUT2D eigenvalue weighted by molar-refractivity contribution is 7.92. The summed E-state index contributed by atoms with van der Waals surface area (Å²) in [4.78, 5) is 30.0. The molecule has 36 heavy (non-hydrogen) atoms. The Kier molecular flexibility index (Phi) is 8.29. The van der Waals surface area contributed by atoms with Crippen molar-refractivity contribution >= 4 is 56.4 Å². The number of hydrogen-bond acceptors (Lipinski definition) is 6. The molecule has 1 atom stereocenters. The third kappa shape index (κ3) is 6.61. The maximum Gasteiger partial charge on any atom is 0.245 e. The lowest BCUT2D eigenvalue weighted by atomic mass is 9.99. The van der Waals surface area contributed by atoms with Crippen molar-refractivity contribution < 1.29 is 18.0 Å². The number of benzene rings is 2. The molecule has 4 rings (SSSR count). The molecular weight excluding hydrogens is 525 g/mol. The van der Waals surface area contributed by atoms with Crippen molar-refractivity contribution in [1.82, 2.24) is 15.5 Å². The average Bonchev–Trinajstić information content (AvgIpc) is 2.79. The first-order valence-corrected chi connectivity index (χ1v) is 14.3. The Morgan fingerprint density at radius 1 is 1.06 bits per heavy atom. The van der Waals surface area contributed by atoms with Crippen LogP contribution in [0.1, 0.15) is 5.56 Å². The van der Waals surface area contributed by atoms with Gasteiger partial charge in [0.2, 0.25) is 21.8 Å². The van der Waals surface area contributed by atoms with Gasteiger partial charge in [-0.25, -0.2) is 8.42 Å². The molecule has 2 heterocycles. The Labute approximate surface area is 221 Å². The minimum atomic E-state index is -3.43. The molecule has 0 spiro atoms. The summed E-state index contributed by atoms with van der Waals surface area (Å²) in [5.41, 5.74) is 2.06. The zero-order chi connectivity index (χ0) is 25.9. The maximum absolute atomic E-state index is 13.5. The molecule has 2 aliphatic heterocycles. The van der Waals surface area contributed by atoms with Crippen LogP contribution in [-0.4, -0.2) is 76.7 Å². The van der Waals surface area contributed by atoms with E-state index in [-0.39, 0.29) is 17.7 Å². The topological polar surface area (TPSA) is 111 Å². The monoisotopic (exact) mass is 553 g/mol. The third-order valence-electron chi connectivity index (χ3n) is 6.32. The summed E-state index contributed by atoms with van der Waals surface area (Å²) in [5.74, 6) is -0.458. The number of halogens is 2. The zero-order valence-electron chi connectivity index (χ0n) is 19.8. The number of para-hydroxylation sites is 2. The molecule has 2 aromatic carbocycles. The molecule has 0 aliphatic carbocycles. The Hall–Kier alpha value is -2.53. The molecule has 2 aliphatic rings. The van der Waals surface area contributed by atoms with Crippen LogP contribution in [0.4, 0.5) is 11.4 Å². The van der Waals surface area contributed by atoms with Gasteiger partial charge in [0, 0.05) is 45.7 Å². The van der Waals surface area contributed by atoms with Gasteiger partial charge in [-0.3, -0.25) is 14.3 Å². The number of piperazine rings is 1. The van der Waals surface area contributed by atoms with Crippen LogP contribution in [0, 0.1) is 5.92 Å². The predicted molar refractivity (Wildman–Crippen MR) is 142 cm³/mol. The number of sulfonamides is 1. The average molecular weight is 555 g/mol. The zero-order valence-corrected chi connectivity index (χ0v) is 22.2. The van der Waals surface area contributed by atoms with Crippen molar-refractivity contribution in [1.29, 1.82) is 0 Å². The van der Waals surface area contributed by atoms with Crippen LogP contribution in [0.15, 0.2) is 42.5 Å². The fourth-order valence-corrected chi connectivity index (χ4v) is 5.18. The second kappa shape index (κ2) is 11.2. The first kappa shape index (κ1) is 26.5. The minimum absolute atomic E-state index is 0.147. The van der Waals surface area contributed by atoms with E-state index >= 15 is 0 Å². The van der Waals surface area contributed by atoms with E-state index in [0.717, 1.165) is 17.5 Å². The third-order valence-corrected chi connectivity index (χ3v) is 7.65. The van der Waals surface area contributed by atoms with E-state index in [4.69, 9.17) is 23.2 Å². The molecule has 0 saturated carbocycles. The van der Waals surface area contributed by atoms with E-state index in [1.807, 2.05) is 17.0 Å². The molecule has 12 heteroatoms. The Morgan fingerprint density at radius 3 is 2.36 bits per heavy atom. The standard InChI is InChI=1S/C24H29Cl2N5O4S/c1-36(34,35)29-20-4-2-3-5-22(20)30-8-10-31(11-9-30)24(33)21(28-23(32)17-14-27-15-17)13-16-6-7-18(25)19(26)12-16/h2-7,12,17,21,27,29H,8-11,13-15H2,1H3,(H,28,32)/t21-/m1/s1. The van der Waals surface area contributed by atoms with E-state index in [1.54, 1.807) is 35.2 Å². The summed E-state index contributed by atoms with van der Waals surface area (Å²) in [6.45, 7) is 3.11. The van der Waals surface area contributed by atoms with Crippen LogP contribution in [0.25, 0.3) is 0 Å². The molecule has 2 fully saturated rings. The van der Waals surface area contributed by atoms with Crippen molar-refractivity contribution in [3.63, 3.8) is 0 Å². The normalized spacial score (nSPS) is 17.3. The number of rotatable bonds is 8. The fraction of sp³-hybridized carbons (Fsp3) is 0.417. The van der Waals surface area contributed by atoms with Gasteiger partial charge in [-0.05, 0) is 29.8 Å². The Bertz CT molecular complexity index is 1230. The highest BCUT2D eigenvalue weighted by Gasteiger charge is 2.33. The highest BCUT2D eigenvalue weighted by atomic mass is 35.5. The SMILES string of the molecule is CS(=O)(=O)Nc1ccccc1N1CCN(C(=O)[C@@H](Cc2ccc(Cl)c(Cl)c2)NC(=O)C2CNC2)CC1. The molecule has 2 amide bonds. The van der Waals surface area contributed by atoms with Gasteiger partial charge in [0.1, 0.15) is 6.04 Å². The van der Waals surface area contributed by atoms with Gasteiger partial charge < -0.3 is 20.4 Å². The van der Waals surface area contributed by atoms with Gasteiger partial charge in [-0.1, -0.05) is 41.4 Å². The fourth-order valence-electron chi connectivity index (χ4n) is 4.29. The minimum Gasteiger partial charge on any atom is -0.366 e. The van der Waals surface area contributed by atoms with Gasteiger partial charge in [0.25, 0.3) is 0 Å². The predicted octanol–water partition coefficient (Wildman–Crippen LogP) is 1.96. The molecule has 0 aromatic heterocycles. The van der Waals surface area contributed by atoms with Gasteiger partial charge in [0.05, 0.1) is 33.6 Å². The van der Waals surface area contributed by atoms with Crippen molar-refractivity contribution in [3.05, 3.63) is 58.1 Å². The highest BCUT2D eigenvalue weighted by Crippen LogP contribution is 2.28. The van der Waals surface area contributed by atoms with Crippen LogP contribution in [-0.2, 0) is 26.0 Å². The number of hydrogen-bond donors (Lipinski definition) is 3. The summed E-state index contributed by atoms with van der Waals surface area (Å²) >= 11 is 12.2. The van der Waals surface area contributed by atoms with Gasteiger partial charge in [0.15, 0.2) is 0 Å². The number of nitrogens with zero attached hydrogens (tertiary/aromatic N) is 2. The van der Waals surface area contributed by atoms with Crippen LogP contribution < -0.4 is 20.3 Å². The molecule has 0 unspecified atom stereocenters. The number of carbonyl (C=O) groups is 2. The Balaban J connectivity index is 1.45. The molecule has 3 N–H and O–H groups in total. The van der Waals surface area contributed by atoms with Crippen LogP contribution in [0.2, 0.25) is 10.0 Å². The number of anilines is 2. The van der Waals surface area contributed by atoms with Crippen molar-refractivity contribution in [2.24, 2.45) is 5.92 Å². The molecule has 2 saturated heterocycles. The van der Waals surface area contributed by atoms with Gasteiger partial charge >= 0.3 is 0 Å². The van der Waals surface area contributed by atoms with E-state index in [0.29, 0.717) is 61.4 Å². The quantitative estimate of drug-likeness (QED) is 0.460. The largest absolute Gasteiger partial charge is 0.366 e. The molecule has 0 radical (unpaired) electrons. The van der Waals surface area contributed by atoms with Gasteiger partial charge in [-0.2, -0.15) is 0 Å². The molecular formula is C24H29Cl2N5O4S. The summed E-state index contributed by atoms with van der Waals surface area (Å²) < 4.78 is 26.1. The molecule has 0 bridgehead atoms. The van der Waals surface area contributed by atoms with E-state index in [9.17, 15) is 18.0 Å². The first-order valence-electron chi connectivity index (χ1n) is 11.7. The lowest BCUT2D eigenvalue weighted by molar-refractivity contribution is -0.138. The van der Waals surface area contributed by atoms with Crippen molar-refractivity contribution in [2.75, 3.05) is 55.1 Å². The number of nitrogens with one attached hydrogen (secondary N) is 3. The molecule has 9 nitrogen and oxygen atoms in total. The number of carbonyl (C=O) groups excluding carboxylic acids is 2. The van der Waals surface area contributed by atoms with Crippen LogP contribution in [0.5, 0.6) is 0 Å². The summed E-state index contributed by atoms with van der Waals surface area (Å²) in [5, 5.41) is 6.83. The second-order valence-electron chi connectivity index (χ2n) is 9.07. The molecule has 2 aromatic rings. The van der Waals surface area contributed by atoms with E-state index in [1.165, 1.54) is 0 Å². The van der Waals surface area contributed by atoms with Gasteiger partial charge in [-0.15, -0.1) is 0 Å². The summed E-state index contributed by atoms with van der Waals surface area (Å²) in [6, 6.07) is 11.6. The van der Waals surface area contributed by atoms with E-state index < -0.39 is 16.1 Å². The molecule has 194 valence electrons. The second-order valence-corrected chi connectivity index (χ2v) is 11.6. The van der Waals surface area contributed by atoms with Crippen molar-refractivity contribution in [2.45, 2.75) is 12.5 Å². The van der Waals surface area contributed by atoms with Crippen LogP contribution in [0.3, 0.4) is 0 Å². The maximum atomic E-state index is 13.5. The summed E-state index contributed by atoms with van der Waals surface area (Å²) in [6.07, 6.45) is 1.41. The smallest absolute Gasteiger partial charge is 0.245 e. The van der Waals surface area contributed by atoms with E-state index in [2.05, 4.69) is 15.4 Å².